The minimum Gasteiger partial charge on any atom is -0.338 e. The van der Waals surface area contributed by atoms with E-state index < -0.39 is 0 Å². The van der Waals surface area contributed by atoms with E-state index in [0.717, 1.165) is 25.1 Å². The number of halogens is 2. The van der Waals surface area contributed by atoms with Gasteiger partial charge in [-0.15, -0.1) is 24.8 Å². The van der Waals surface area contributed by atoms with E-state index in [4.69, 9.17) is 5.73 Å². The fourth-order valence-electron chi connectivity index (χ4n) is 2.22. The van der Waals surface area contributed by atoms with Crippen molar-refractivity contribution in [1.82, 2.24) is 9.88 Å². The average Bonchev–Trinajstić information content (AvgIpc) is 2.73. The van der Waals surface area contributed by atoms with Crippen molar-refractivity contribution in [2.24, 2.45) is 11.1 Å². The Morgan fingerprint density at radius 2 is 2.21 bits per heavy atom. The van der Waals surface area contributed by atoms with E-state index in [0.29, 0.717) is 12.1 Å². The Balaban J connectivity index is 0.00000162. The predicted octanol–water partition coefficient (Wildman–Crippen LogP) is 2.04. The van der Waals surface area contributed by atoms with Crippen LogP contribution in [-0.4, -0.2) is 35.4 Å². The first-order valence-corrected chi connectivity index (χ1v) is 5.96. The van der Waals surface area contributed by atoms with Gasteiger partial charge >= 0.3 is 0 Å². The molecule has 19 heavy (non-hydrogen) atoms. The topological polar surface area (TPSA) is 59.2 Å². The van der Waals surface area contributed by atoms with Crippen molar-refractivity contribution >= 4 is 30.7 Å². The number of nitrogens with two attached hydrogens (primary N) is 1. The minimum atomic E-state index is 0. The van der Waals surface area contributed by atoms with Gasteiger partial charge in [-0.1, -0.05) is 6.92 Å². The van der Waals surface area contributed by atoms with Crippen LogP contribution >= 0.6 is 24.8 Å². The highest BCUT2D eigenvalue weighted by atomic mass is 35.5. The van der Waals surface area contributed by atoms with Gasteiger partial charge in [0.15, 0.2) is 0 Å². The first-order chi connectivity index (χ1) is 8.06. The number of rotatable bonds is 2. The molecule has 1 aliphatic rings. The lowest BCUT2D eigenvalue weighted by atomic mass is 9.90. The number of pyridine rings is 1. The summed E-state index contributed by atoms with van der Waals surface area (Å²) in [4.78, 5) is 18.2. The number of aromatic nitrogens is 1. The normalized spacial score (nSPS) is 21.5. The number of carbonyl (C=O) groups excluding carboxylic acids is 1. The molecule has 1 aliphatic heterocycles. The Hall–Kier alpha value is -0.840. The highest BCUT2D eigenvalue weighted by molar-refractivity contribution is 5.95. The number of aryl methyl sites for hydroxylation is 1. The standard InChI is InChI=1S/C13H19N3O.2ClH/c1-10-3-5-15-7-11(10)12(17)16-6-4-13(2,8-14)9-16;;/h3,5,7H,4,6,8-9,14H2,1-2H3;2*1H. The molecule has 2 N–H and O–H groups in total. The van der Waals surface area contributed by atoms with Gasteiger partial charge in [-0.2, -0.15) is 0 Å². The van der Waals surface area contributed by atoms with E-state index in [9.17, 15) is 4.79 Å². The largest absolute Gasteiger partial charge is 0.338 e. The Morgan fingerprint density at radius 3 is 2.74 bits per heavy atom. The van der Waals surface area contributed by atoms with Crippen molar-refractivity contribution in [2.75, 3.05) is 19.6 Å². The molecule has 0 aromatic carbocycles. The van der Waals surface area contributed by atoms with Crippen molar-refractivity contribution in [3.05, 3.63) is 29.6 Å². The SMILES string of the molecule is Cc1ccncc1C(=O)N1CCC(C)(CN)C1.Cl.Cl. The lowest BCUT2D eigenvalue weighted by Gasteiger charge is -2.22. The molecule has 0 radical (unpaired) electrons. The van der Waals surface area contributed by atoms with Crippen LogP contribution in [0.1, 0.15) is 29.3 Å². The maximum atomic E-state index is 12.3. The summed E-state index contributed by atoms with van der Waals surface area (Å²) in [7, 11) is 0. The third-order valence-corrected chi connectivity index (χ3v) is 3.61. The molecule has 0 saturated carbocycles. The van der Waals surface area contributed by atoms with Gasteiger partial charge in [0.05, 0.1) is 5.56 Å². The summed E-state index contributed by atoms with van der Waals surface area (Å²) in [5.74, 6) is 0.0766. The van der Waals surface area contributed by atoms with Gasteiger partial charge in [0.25, 0.3) is 5.91 Å². The molecule has 108 valence electrons. The van der Waals surface area contributed by atoms with Crippen LogP contribution in [0, 0.1) is 12.3 Å². The zero-order valence-corrected chi connectivity index (χ0v) is 12.9. The molecular formula is C13H21Cl2N3O. The molecule has 0 bridgehead atoms. The van der Waals surface area contributed by atoms with Crippen molar-refractivity contribution in [3.8, 4) is 0 Å². The van der Waals surface area contributed by atoms with Crippen molar-refractivity contribution in [2.45, 2.75) is 20.3 Å². The van der Waals surface area contributed by atoms with E-state index in [1.807, 2.05) is 17.9 Å². The maximum Gasteiger partial charge on any atom is 0.255 e. The summed E-state index contributed by atoms with van der Waals surface area (Å²) in [6.07, 6.45) is 4.34. The quantitative estimate of drug-likeness (QED) is 0.909. The first kappa shape index (κ1) is 18.2. The molecule has 0 aliphatic carbocycles. The molecular weight excluding hydrogens is 285 g/mol. The van der Waals surface area contributed by atoms with Gasteiger partial charge in [0.2, 0.25) is 0 Å². The van der Waals surface area contributed by atoms with E-state index in [1.54, 1.807) is 12.4 Å². The van der Waals surface area contributed by atoms with Gasteiger partial charge in [-0.3, -0.25) is 9.78 Å². The molecule has 2 heterocycles. The fraction of sp³-hybridized carbons (Fsp3) is 0.538. The van der Waals surface area contributed by atoms with Crippen molar-refractivity contribution in [1.29, 1.82) is 0 Å². The lowest BCUT2D eigenvalue weighted by molar-refractivity contribution is 0.0775. The van der Waals surface area contributed by atoms with Gasteiger partial charge in [-0.25, -0.2) is 0 Å². The van der Waals surface area contributed by atoms with Crippen LogP contribution in [-0.2, 0) is 0 Å². The van der Waals surface area contributed by atoms with Crippen LogP contribution in [0.2, 0.25) is 0 Å². The van der Waals surface area contributed by atoms with E-state index in [-0.39, 0.29) is 36.1 Å². The summed E-state index contributed by atoms with van der Waals surface area (Å²) in [6.45, 7) is 6.24. The van der Waals surface area contributed by atoms with Crippen LogP contribution in [0.5, 0.6) is 0 Å². The summed E-state index contributed by atoms with van der Waals surface area (Å²) < 4.78 is 0. The number of hydrogen-bond donors (Lipinski definition) is 1. The van der Waals surface area contributed by atoms with E-state index in [1.165, 1.54) is 0 Å². The number of hydrogen-bond acceptors (Lipinski definition) is 3. The Bertz CT molecular complexity index is 442. The predicted molar refractivity (Wildman–Crippen MR) is 81.2 cm³/mol. The number of likely N-dealkylation sites (tertiary alicyclic amines) is 1. The van der Waals surface area contributed by atoms with Crippen LogP contribution < -0.4 is 5.73 Å². The number of amides is 1. The molecule has 1 saturated heterocycles. The van der Waals surface area contributed by atoms with E-state index >= 15 is 0 Å². The maximum absolute atomic E-state index is 12.3. The van der Waals surface area contributed by atoms with Gasteiger partial charge in [-0.05, 0) is 36.9 Å². The molecule has 1 aromatic heterocycles. The first-order valence-electron chi connectivity index (χ1n) is 5.96. The van der Waals surface area contributed by atoms with Crippen LogP contribution in [0.25, 0.3) is 0 Å². The molecule has 1 atom stereocenters. The highest BCUT2D eigenvalue weighted by Gasteiger charge is 2.35. The lowest BCUT2D eigenvalue weighted by Crippen LogP contribution is -2.34. The molecule has 0 spiro atoms. The van der Waals surface area contributed by atoms with Crippen LogP contribution in [0.4, 0.5) is 0 Å². The second-order valence-electron chi connectivity index (χ2n) is 5.18. The average molecular weight is 306 g/mol. The second kappa shape index (κ2) is 7.08. The summed E-state index contributed by atoms with van der Waals surface area (Å²) in [5.41, 5.74) is 7.50. The van der Waals surface area contributed by atoms with Gasteiger partial charge in [0.1, 0.15) is 0 Å². The Morgan fingerprint density at radius 1 is 1.53 bits per heavy atom. The number of nitrogens with zero attached hydrogens (tertiary/aromatic N) is 2. The Labute approximate surface area is 126 Å². The molecule has 1 aromatic rings. The van der Waals surface area contributed by atoms with Crippen molar-refractivity contribution < 1.29 is 4.79 Å². The van der Waals surface area contributed by atoms with Crippen LogP contribution in [0.15, 0.2) is 18.5 Å². The van der Waals surface area contributed by atoms with Crippen LogP contribution in [0.3, 0.4) is 0 Å². The summed E-state index contributed by atoms with van der Waals surface area (Å²) >= 11 is 0. The zero-order valence-electron chi connectivity index (χ0n) is 11.3. The second-order valence-corrected chi connectivity index (χ2v) is 5.18. The highest BCUT2D eigenvalue weighted by Crippen LogP contribution is 2.29. The zero-order chi connectivity index (χ0) is 12.5. The molecule has 1 fully saturated rings. The summed E-state index contributed by atoms with van der Waals surface area (Å²) in [6, 6.07) is 1.87. The number of carbonyl (C=O) groups is 1. The third kappa shape index (κ3) is 3.81. The molecule has 1 amide bonds. The third-order valence-electron chi connectivity index (χ3n) is 3.61. The Kier molecular flexibility index (Phi) is 6.77. The molecule has 1 unspecified atom stereocenters. The molecule has 4 nitrogen and oxygen atoms in total. The minimum absolute atomic E-state index is 0. The van der Waals surface area contributed by atoms with Gasteiger partial charge < -0.3 is 10.6 Å². The van der Waals surface area contributed by atoms with E-state index in [2.05, 4.69) is 11.9 Å². The monoisotopic (exact) mass is 305 g/mol. The van der Waals surface area contributed by atoms with Gasteiger partial charge in [0, 0.05) is 25.5 Å². The molecule has 6 heteroatoms. The smallest absolute Gasteiger partial charge is 0.255 e. The fourth-order valence-corrected chi connectivity index (χ4v) is 2.22. The van der Waals surface area contributed by atoms with Crippen molar-refractivity contribution in [3.63, 3.8) is 0 Å². The summed E-state index contributed by atoms with van der Waals surface area (Å²) in [5, 5.41) is 0. The molecule has 2 rings (SSSR count).